The molecule has 0 spiro atoms. The molecule has 8 heteroatoms. The maximum Gasteiger partial charge on any atom is 0.164 e. The zero-order chi connectivity index (χ0) is 15.8. The highest BCUT2D eigenvalue weighted by atomic mass is 35.7. The minimum atomic E-state index is -4.69. The molecule has 0 aliphatic heterocycles. The smallest absolute Gasteiger partial charge is 0.164 e. The molecule has 0 saturated heterocycles. The van der Waals surface area contributed by atoms with Gasteiger partial charge in [0.05, 0.1) is 27.0 Å². The number of allylic oxidation sites excluding steroid dienone is 1. The summed E-state index contributed by atoms with van der Waals surface area (Å²) in [4.78, 5) is 0. The second kappa shape index (κ2) is 8.91. The van der Waals surface area contributed by atoms with Crippen molar-refractivity contribution in [2.75, 3.05) is 21.2 Å². The fourth-order valence-electron chi connectivity index (χ4n) is 1.06. The van der Waals surface area contributed by atoms with Crippen molar-refractivity contribution >= 4 is 22.8 Å². The van der Waals surface area contributed by atoms with Crippen molar-refractivity contribution in [1.29, 1.82) is 0 Å². The van der Waals surface area contributed by atoms with Crippen molar-refractivity contribution in [2.24, 2.45) is 0 Å². The van der Waals surface area contributed by atoms with E-state index in [0.29, 0.717) is 5.03 Å². The SMILES string of the molecule is COc1ccc(C(Cl)=CC=[N+](C)C)cc1.[O-][Cl+3]([O-])([O-])O. The molecule has 6 nitrogen and oxygen atoms in total. The first-order chi connectivity index (χ1) is 9.13. The third kappa shape index (κ3) is 10.7. The Hall–Kier alpha value is -1.15. The fourth-order valence-corrected chi connectivity index (χ4v) is 1.24. The fraction of sp³-hybridized carbons (Fsp3) is 0.250. The van der Waals surface area contributed by atoms with Gasteiger partial charge in [0.2, 0.25) is 0 Å². The number of methoxy groups -OCH3 is 1. The molecule has 0 radical (unpaired) electrons. The van der Waals surface area contributed by atoms with Gasteiger partial charge in [0, 0.05) is 6.08 Å². The van der Waals surface area contributed by atoms with Crippen molar-refractivity contribution < 1.29 is 38.2 Å². The Labute approximate surface area is 124 Å². The molecule has 0 bridgehead atoms. The molecule has 0 heterocycles. The molecule has 1 aromatic rings. The molecule has 0 fully saturated rings. The molecular formula is C12H16Cl2NO5+. The Kier molecular flexibility index (Phi) is 8.40. The van der Waals surface area contributed by atoms with E-state index in [1.807, 2.05) is 55.2 Å². The van der Waals surface area contributed by atoms with Crippen LogP contribution in [0.15, 0.2) is 30.3 Å². The summed E-state index contributed by atoms with van der Waals surface area (Å²) in [6.45, 7) is 0. The Morgan fingerprint density at radius 2 is 1.70 bits per heavy atom. The van der Waals surface area contributed by atoms with E-state index in [9.17, 15) is 0 Å². The third-order valence-electron chi connectivity index (χ3n) is 1.88. The van der Waals surface area contributed by atoms with Gasteiger partial charge in [-0.15, -0.1) is 0 Å². The van der Waals surface area contributed by atoms with Gasteiger partial charge >= 0.3 is 0 Å². The van der Waals surface area contributed by atoms with Crippen LogP contribution in [0.1, 0.15) is 5.56 Å². The van der Waals surface area contributed by atoms with E-state index in [1.54, 1.807) is 7.11 Å². The van der Waals surface area contributed by atoms with Crippen LogP contribution < -0.4 is 18.7 Å². The molecule has 0 amide bonds. The van der Waals surface area contributed by atoms with Gasteiger partial charge in [-0.25, -0.2) is 4.58 Å². The van der Waals surface area contributed by atoms with Gasteiger partial charge in [-0.05, 0) is 29.8 Å². The van der Waals surface area contributed by atoms with Crippen LogP contribution in [0.25, 0.3) is 5.03 Å². The lowest BCUT2D eigenvalue weighted by atomic mass is 10.2. The minimum absolute atomic E-state index is 0.714. The van der Waals surface area contributed by atoms with Crippen LogP contribution in [0.3, 0.4) is 0 Å². The van der Waals surface area contributed by atoms with Gasteiger partial charge in [-0.1, -0.05) is 11.6 Å². The highest BCUT2D eigenvalue weighted by molar-refractivity contribution is 6.49. The molecule has 0 atom stereocenters. The maximum atomic E-state index is 8.60. The summed E-state index contributed by atoms with van der Waals surface area (Å²) < 4.78 is 39.7. The number of ether oxygens (including phenoxy) is 1. The summed E-state index contributed by atoms with van der Waals surface area (Å²) in [7, 11) is 0.857. The summed E-state index contributed by atoms with van der Waals surface area (Å²) >= 11 is 6.11. The lowest BCUT2D eigenvalue weighted by Gasteiger charge is -2.03. The number of nitrogens with zero attached hydrogens (tertiary/aromatic N) is 1. The van der Waals surface area contributed by atoms with Crippen molar-refractivity contribution in [3.63, 3.8) is 0 Å². The number of hydrogen-bond donors (Lipinski definition) is 1. The summed E-state index contributed by atoms with van der Waals surface area (Å²) in [5.41, 5.74) is 0.982. The topological polar surface area (TPSA) is 102 Å². The molecule has 0 unspecified atom stereocenters. The summed E-state index contributed by atoms with van der Waals surface area (Å²) in [5.74, 6) is 0.833. The summed E-state index contributed by atoms with van der Waals surface area (Å²) in [6, 6.07) is 7.64. The Balaban J connectivity index is 0.000000621. The average Bonchev–Trinajstić information content (AvgIpc) is 2.34. The highest BCUT2D eigenvalue weighted by Crippen LogP contribution is 2.20. The molecule has 0 aliphatic carbocycles. The first-order valence-electron chi connectivity index (χ1n) is 5.28. The van der Waals surface area contributed by atoms with E-state index >= 15 is 0 Å². The first-order valence-corrected chi connectivity index (χ1v) is 6.92. The van der Waals surface area contributed by atoms with Gasteiger partial charge in [0.25, 0.3) is 0 Å². The van der Waals surface area contributed by atoms with Gasteiger partial charge in [-0.3, -0.25) is 0 Å². The van der Waals surface area contributed by atoms with Crippen LogP contribution in [-0.4, -0.2) is 36.7 Å². The van der Waals surface area contributed by atoms with E-state index in [2.05, 4.69) is 0 Å². The van der Waals surface area contributed by atoms with E-state index < -0.39 is 10.2 Å². The molecular weight excluding hydrogens is 309 g/mol. The largest absolute Gasteiger partial charge is 0.497 e. The van der Waals surface area contributed by atoms with E-state index in [-0.39, 0.29) is 0 Å². The molecule has 1 rings (SSSR count). The van der Waals surface area contributed by atoms with Crippen LogP contribution in [0.2, 0.25) is 0 Å². The van der Waals surface area contributed by atoms with E-state index in [4.69, 9.17) is 35.0 Å². The predicted molar refractivity (Wildman–Crippen MR) is 67.2 cm³/mol. The Morgan fingerprint density at radius 3 is 2.05 bits per heavy atom. The standard InChI is InChI=1S/C12H15ClNO.ClHO4/c1-14(2)9-8-12(13)10-4-6-11(15-3)7-5-10;2-1(3,4)5/h4-9H,1-3H3;(H,2,3,4,5)/q+1;. The highest BCUT2D eigenvalue weighted by Gasteiger charge is 1.99. The molecule has 0 saturated carbocycles. The molecule has 0 aromatic heterocycles. The maximum absolute atomic E-state index is 8.60. The molecule has 1 N–H and O–H groups in total. The number of benzene rings is 1. The predicted octanol–water partition coefficient (Wildman–Crippen LogP) is -1.51. The minimum Gasteiger partial charge on any atom is -0.497 e. The zero-order valence-electron chi connectivity index (χ0n) is 11.2. The van der Waals surface area contributed by atoms with Gasteiger partial charge in [0.1, 0.15) is 19.8 Å². The average molecular weight is 325 g/mol. The van der Waals surface area contributed by atoms with Crippen LogP contribution in [0.4, 0.5) is 0 Å². The molecule has 112 valence electrons. The second-order valence-corrected chi connectivity index (χ2v) is 4.95. The van der Waals surface area contributed by atoms with Crippen molar-refractivity contribution in [3.05, 3.63) is 35.9 Å². The van der Waals surface area contributed by atoms with Crippen LogP contribution in [0.5, 0.6) is 5.75 Å². The van der Waals surface area contributed by atoms with Crippen LogP contribution in [-0.2, 0) is 0 Å². The van der Waals surface area contributed by atoms with Crippen LogP contribution >= 0.6 is 11.6 Å². The van der Waals surface area contributed by atoms with E-state index in [1.165, 1.54) is 0 Å². The molecule has 20 heavy (non-hydrogen) atoms. The van der Waals surface area contributed by atoms with Gasteiger partial charge in [-0.2, -0.15) is 14.0 Å². The van der Waals surface area contributed by atoms with Crippen LogP contribution in [0, 0.1) is 10.2 Å². The molecule has 1 aromatic carbocycles. The normalized spacial score (nSPS) is 11.3. The zero-order valence-corrected chi connectivity index (χ0v) is 12.8. The third-order valence-corrected chi connectivity index (χ3v) is 2.23. The Morgan fingerprint density at radius 1 is 1.25 bits per heavy atom. The summed E-state index contributed by atoms with van der Waals surface area (Å²) in [6.07, 6.45) is 3.77. The first kappa shape index (κ1) is 18.9. The Bertz CT molecular complexity index is 456. The van der Waals surface area contributed by atoms with Gasteiger partial charge < -0.3 is 4.74 Å². The van der Waals surface area contributed by atoms with Crippen molar-refractivity contribution in [3.8, 4) is 5.75 Å². The van der Waals surface area contributed by atoms with Gasteiger partial charge in [0.15, 0.2) is 6.21 Å². The summed E-state index contributed by atoms with van der Waals surface area (Å²) in [5, 5.41) is 0.714. The second-order valence-electron chi connectivity index (χ2n) is 3.75. The lowest BCUT2D eigenvalue weighted by Crippen LogP contribution is -2.58. The lowest BCUT2D eigenvalue weighted by molar-refractivity contribution is -1.92. The van der Waals surface area contributed by atoms with Crippen molar-refractivity contribution in [2.45, 2.75) is 0 Å². The molecule has 0 aliphatic rings. The quantitative estimate of drug-likeness (QED) is 0.538. The number of rotatable bonds is 3. The van der Waals surface area contributed by atoms with Crippen molar-refractivity contribution in [1.82, 2.24) is 0 Å². The van der Waals surface area contributed by atoms with E-state index in [0.717, 1.165) is 11.3 Å². The number of hydrogen-bond acceptors (Lipinski definition) is 5. The monoisotopic (exact) mass is 324 g/mol. The number of halogens is 2.